The fourth-order valence-corrected chi connectivity index (χ4v) is 6.29. The number of fused-ring (bicyclic) bond motifs is 1. The highest BCUT2D eigenvalue weighted by Gasteiger charge is 2.41. The number of aromatic nitrogens is 1. The number of hydroxylamine groups is 1. The maximum Gasteiger partial charge on any atom is 0.249 e. The van der Waals surface area contributed by atoms with Crippen LogP contribution in [-0.4, -0.2) is 90.7 Å². The van der Waals surface area contributed by atoms with Crippen molar-refractivity contribution in [3.05, 3.63) is 65.1 Å². The van der Waals surface area contributed by atoms with Gasteiger partial charge in [0.2, 0.25) is 5.91 Å². The number of benzene rings is 2. The summed E-state index contributed by atoms with van der Waals surface area (Å²) in [7, 11) is 1.58. The van der Waals surface area contributed by atoms with E-state index in [1.54, 1.807) is 13.3 Å². The van der Waals surface area contributed by atoms with Gasteiger partial charge < -0.3 is 19.3 Å². The van der Waals surface area contributed by atoms with Crippen LogP contribution in [0.5, 0.6) is 11.5 Å². The zero-order valence-corrected chi connectivity index (χ0v) is 25.2. The number of ether oxygens (including phenoxy) is 3. The maximum absolute atomic E-state index is 13.9. The summed E-state index contributed by atoms with van der Waals surface area (Å²) in [6.45, 7) is 4.58. The highest BCUT2D eigenvalue weighted by Crippen LogP contribution is 2.40. The van der Waals surface area contributed by atoms with Crippen LogP contribution in [0.4, 0.5) is 13.2 Å². The molecule has 3 aromatic rings. The second kappa shape index (κ2) is 14.7. The summed E-state index contributed by atoms with van der Waals surface area (Å²) in [6, 6.07) is 6.66. The topological polar surface area (TPSA) is 117 Å². The van der Waals surface area contributed by atoms with Gasteiger partial charge in [-0.2, -0.15) is 0 Å². The lowest BCUT2D eigenvalue weighted by molar-refractivity contribution is -0.144. The van der Waals surface area contributed by atoms with Gasteiger partial charge in [-0.1, -0.05) is 0 Å². The fourth-order valence-electron chi connectivity index (χ4n) is 6.29. The molecule has 0 bridgehead atoms. The molecule has 13 heteroatoms. The Labute approximate surface area is 259 Å². The third-order valence-corrected chi connectivity index (χ3v) is 8.94. The lowest BCUT2D eigenvalue weighted by atomic mass is 9.73. The molecule has 2 fully saturated rings. The van der Waals surface area contributed by atoms with E-state index in [0.717, 1.165) is 29.6 Å². The lowest BCUT2D eigenvalue weighted by Crippen LogP contribution is -2.49. The van der Waals surface area contributed by atoms with E-state index >= 15 is 0 Å². The van der Waals surface area contributed by atoms with Crippen molar-refractivity contribution in [1.82, 2.24) is 20.3 Å². The average Bonchev–Trinajstić information content (AvgIpc) is 3.05. The molecule has 0 spiro atoms. The van der Waals surface area contributed by atoms with Gasteiger partial charge in [0.15, 0.2) is 17.4 Å². The minimum atomic E-state index is -1.11. The largest absolute Gasteiger partial charge is 0.497 e. The van der Waals surface area contributed by atoms with Gasteiger partial charge in [-0.15, -0.1) is 0 Å². The van der Waals surface area contributed by atoms with Crippen molar-refractivity contribution in [3.8, 4) is 11.5 Å². The molecular formula is C32H39F3N4O6. The van der Waals surface area contributed by atoms with Crippen molar-refractivity contribution < 1.29 is 42.5 Å². The number of aliphatic hydroxyl groups is 1. The Hall–Kier alpha value is -3.49. The first-order valence-corrected chi connectivity index (χ1v) is 15.1. The summed E-state index contributed by atoms with van der Waals surface area (Å²) >= 11 is 0. The molecule has 3 heterocycles. The van der Waals surface area contributed by atoms with Crippen LogP contribution >= 0.6 is 0 Å². The molecule has 3 N–H and O–H groups in total. The van der Waals surface area contributed by atoms with Gasteiger partial charge in [-0.05, 0) is 68.1 Å². The number of nitrogens with one attached hydrogen (secondary N) is 1. The van der Waals surface area contributed by atoms with E-state index in [2.05, 4.69) is 9.88 Å². The molecular weight excluding hydrogens is 593 g/mol. The van der Waals surface area contributed by atoms with Crippen molar-refractivity contribution in [1.29, 1.82) is 0 Å². The molecule has 45 heavy (non-hydrogen) atoms. The number of hydrogen-bond acceptors (Lipinski definition) is 9. The average molecular weight is 633 g/mol. The minimum Gasteiger partial charge on any atom is -0.497 e. The van der Waals surface area contributed by atoms with E-state index in [-0.39, 0.29) is 13.0 Å². The number of piperidine rings is 1. The number of methoxy groups -OCH3 is 1. The van der Waals surface area contributed by atoms with Gasteiger partial charge in [0, 0.05) is 49.9 Å². The monoisotopic (exact) mass is 632 g/mol. The van der Waals surface area contributed by atoms with Crippen molar-refractivity contribution in [3.63, 3.8) is 0 Å². The molecule has 5 rings (SSSR count). The van der Waals surface area contributed by atoms with E-state index in [1.165, 1.54) is 0 Å². The van der Waals surface area contributed by atoms with Gasteiger partial charge in [0.25, 0.3) is 0 Å². The summed E-state index contributed by atoms with van der Waals surface area (Å²) in [4.78, 5) is 21.9. The molecule has 0 saturated carbocycles. The van der Waals surface area contributed by atoms with Crippen LogP contribution in [0.1, 0.15) is 42.9 Å². The highest BCUT2D eigenvalue weighted by atomic mass is 19.1. The number of halogens is 3. The lowest BCUT2D eigenvalue weighted by Gasteiger charge is -2.40. The molecule has 1 amide bonds. The number of carbonyl (C=O) groups excluding carboxylic acids is 1. The van der Waals surface area contributed by atoms with Crippen LogP contribution in [0.3, 0.4) is 0 Å². The number of carbonyl (C=O) groups is 1. The SMILES string of the molecule is COc1ccc2ncc(CN3CCOCC3)c(C(O)CCC3(C(=O)NO)CCN(CCOc4c(F)cc(F)cc4F)CC3)c2c1. The standard InChI is InChI=1S/C32H39F3N4O6/c1-43-23-2-3-27-24(18-23)29(21(19-36-27)20-39-10-13-44-14-11-39)28(40)4-5-32(31(41)37-42)6-8-38(9-7-32)12-15-45-30-25(34)16-22(33)17-26(30)35/h2-3,16-19,28,40,42H,4-15,20H2,1H3,(H,37,41). The summed E-state index contributed by atoms with van der Waals surface area (Å²) < 4.78 is 57.2. The first-order chi connectivity index (χ1) is 21.7. The van der Waals surface area contributed by atoms with E-state index in [9.17, 15) is 28.3 Å². The van der Waals surface area contributed by atoms with E-state index in [1.807, 2.05) is 28.6 Å². The van der Waals surface area contributed by atoms with Gasteiger partial charge in [-0.3, -0.25) is 24.8 Å². The van der Waals surface area contributed by atoms with Crippen LogP contribution in [0, 0.1) is 22.9 Å². The van der Waals surface area contributed by atoms with Gasteiger partial charge >= 0.3 is 0 Å². The number of rotatable bonds is 12. The Bertz CT molecular complexity index is 1460. The predicted octanol–water partition coefficient (Wildman–Crippen LogP) is 3.97. The molecule has 2 aliphatic rings. The summed E-state index contributed by atoms with van der Waals surface area (Å²) in [5, 5.41) is 22.1. The first kappa shape index (κ1) is 32.9. The van der Waals surface area contributed by atoms with Gasteiger partial charge in [0.05, 0.1) is 37.4 Å². The summed E-state index contributed by atoms with van der Waals surface area (Å²) in [5.74, 6) is -3.77. The van der Waals surface area contributed by atoms with Crippen LogP contribution < -0.4 is 15.0 Å². The zero-order chi connectivity index (χ0) is 32.0. The van der Waals surface area contributed by atoms with E-state index < -0.39 is 40.6 Å². The first-order valence-electron chi connectivity index (χ1n) is 15.1. The van der Waals surface area contributed by atoms with Crippen molar-refractivity contribution in [2.24, 2.45) is 5.41 Å². The van der Waals surface area contributed by atoms with Gasteiger partial charge in [0.1, 0.15) is 18.2 Å². The summed E-state index contributed by atoms with van der Waals surface area (Å²) in [6.07, 6.45) is 2.21. The van der Waals surface area contributed by atoms with Crippen molar-refractivity contribution in [2.45, 2.75) is 38.3 Å². The number of pyridine rings is 1. The van der Waals surface area contributed by atoms with Crippen LogP contribution in [0.15, 0.2) is 36.5 Å². The number of morpholine rings is 1. The molecule has 244 valence electrons. The number of nitrogens with zero attached hydrogens (tertiary/aromatic N) is 3. The van der Waals surface area contributed by atoms with Gasteiger partial charge in [-0.25, -0.2) is 18.7 Å². The number of hydrogen-bond donors (Lipinski definition) is 3. The second-order valence-electron chi connectivity index (χ2n) is 11.6. The molecule has 0 aliphatic carbocycles. The van der Waals surface area contributed by atoms with Crippen LogP contribution in [0.25, 0.3) is 10.9 Å². The molecule has 2 aliphatic heterocycles. The molecule has 1 aromatic heterocycles. The second-order valence-corrected chi connectivity index (χ2v) is 11.6. The molecule has 2 aromatic carbocycles. The van der Waals surface area contributed by atoms with E-state index in [4.69, 9.17) is 14.2 Å². The normalized spacial score (nSPS) is 18.1. The molecule has 0 radical (unpaired) electrons. The Morgan fingerprint density at radius 1 is 1.09 bits per heavy atom. The molecule has 1 unspecified atom stereocenters. The van der Waals surface area contributed by atoms with Crippen molar-refractivity contribution >= 4 is 16.8 Å². The Balaban J connectivity index is 1.27. The Morgan fingerprint density at radius 2 is 1.80 bits per heavy atom. The minimum absolute atomic E-state index is 0.0398. The predicted molar refractivity (Wildman–Crippen MR) is 158 cm³/mol. The number of aliphatic hydroxyl groups excluding tert-OH is 1. The number of amides is 1. The van der Waals surface area contributed by atoms with Crippen LogP contribution in [0.2, 0.25) is 0 Å². The quantitative estimate of drug-likeness (QED) is 0.202. The molecule has 10 nitrogen and oxygen atoms in total. The Morgan fingerprint density at radius 3 is 2.47 bits per heavy atom. The fraction of sp³-hybridized carbons (Fsp3) is 0.500. The third kappa shape index (κ3) is 7.67. The molecule has 2 saturated heterocycles. The number of likely N-dealkylation sites (tertiary alicyclic amines) is 1. The summed E-state index contributed by atoms with van der Waals surface area (Å²) in [5.41, 5.74) is 3.22. The third-order valence-electron chi connectivity index (χ3n) is 8.94. The molecule has 1 atom stereocenters. The van der Waals surface area contributed by atoms with Crippen LogP contribution in [-0.2, 0) is 16.1 Å². The smallest absolute Gasteiger partial charge is 0.249 e. The highest BCUT2D eigenvalue weighted by molar-refractivity contribution is 5.85. The maximum atomic E-state index is 13.9. The van der Waals surface area contributed by atoms with E-state index in [0.29, 0.717) is 82.1 Å². The Kier molecular flexibility index (Phi) is 10.8. The van der Waals surface area contributed by atoms with Crippen molar-refractivity contribution in [2.75, 3.05) is 59.7 Å². The zero-order valence-electron chi connectivity index (χ0n) is 25.2.